The molecule has 2 heterocycles. The number of fused-ring (bicyclic) bond motifs is 3. The van der Waals surface area contributed by atoms with Crippen LogP contribution in [0, 0.1) is 11.3 Å². The third-order valence-electron chi connectivity index (χ3n) is 4.58. The summed E-state index contributed by atoms with van der Waals surface area (Å²) in [6, 6.07) is 11.2. The van der Waals surface area contributed by atoms with E-state index in [-0.39, 0.29) is 17.4 Å². The van der Waals surface area contributed by atoms with Crippen LogP contribution in [-0.2, 0) is 15.9 Å². The van der Waals surface area contributed by atoms with Crippen LogP contribution >= 0.6 is 11.3 Å². The number of amides is 1. The van der Waals surface area contributed by atoms with Crippen LogP contribution in [0.3, 0.4) is 0 Å². The van der Waals surface area contributed by atoms with Crippen LogP contribution < -0.4 is 16.8 Å². The Morgan fingerprint density at radius 2 is 2.10 bits per heavy atom. The van der Waals surface area contributed by atoms with Gasteiger partial charge in [-0.2, -0.15) is 5.26 Å². The highest BCUT2D eigenvalue weighted by atomic mass is 32.1. The van der Waals surface area contributed by atoms with Gasteiger partial charge in [0, 0.05) is 10.6 Å². The maximum Gasteiger partial charge on any atom is 0.258 e. The minimum Gasteiger partial charge on any atom is -0.491 e. The summed E-state index contributed by atoms with van der Waals surface area (Å²) in [7, 11) is 0. The van der Waals surface area contributed by atoms with Crippen LogP contribution in [0.2, 0.25) is 0 Å². The van der Waals surface area contributed by atoms with E-state index in [1.165, 1.54) is 11.3 Å². The van der Waals surface area contributed by atoms with Crippen molar-refractivity contribution in [2.24, 2.45) is 5.73 Å². The van der Waals surface area contributed by atoms with E-state index in [9.17, 15) is 10.1 Å². The number of para-hydroxylation sites is 1. The van der Waals surface area contributed by atoms with Gasteiger partial charge in [0.15, 0.2) is 11.3 Å². The quantitative estimate of drug-likeness (QED) is 0.714. The number of rotatable bonds is 4. The first-order valence-corrected chi connectivity index (χ1v) is 9.80. The number of hydrogen-bond acceptors (Lipinski definition) is 7. The van der Waals surface area contributed by atoms with Gasteiger partial charge < -0.3 is 26.3 Å². The molecule has 0 unspecified atom stereocenters. The van der Waals surface area contributed by atoms with Crippen molar-refractivity contribution in [3.05, 3.63) is 75.4 Å². The Balaban J connectivity index is 1.83. The normalized spacial score (nSPS) is 15.0. The van der Waals surface area contributed by atoms with E-state index in [4.69, 9.17) is 20.9 Å². The zero-order chi connectivity index (χ0) is 20.5. The molecule has 7 nitrogen and oxygen atoms in total. The Morgan fingerprint density at radius 1 is 1.34 bits per heavy atom. The monoisotopic (exact) mass is 406 g/mol. The summed E-state index contributed by atoms with van der Waals surface area (Å²) in [5.74, 6) is 0.575. The maximum absolute atomic E-state index is 12.9. The molecule has 146 valence electrons. The lowest BCUT2D eigenvalue weighted by Crippen LogP contribution is -2.20. The molecule has 1 aromatic heterocycles. The average molecular weight is 406 g/mol. The van der Waals surface area contributed by atoms with Gasteiger partial charge in [-0.15, -0.1) is 11.3 Å². The van der Waals surface area contributed by atoms with Gasteiger partial charge in [0.25, 0.3) is 5.91 Å². The van der Waals surface area contributed by atoms with E-state index >= 15 is 0 Å². The molecule has 2 aromatic rings. The third-order valence-corrected chi connectivity index (χ3v) is 5.66. The third kappa shape index (κ3) is 3.11. The number of nitrogens with one attached hydrogen (secondary N) is 1. The molecule has 1 aliphatic carbocycles. The zero-order valence-corrected chi connectivity index (χ0v) is 16.4. The largest absolute Gasteiger partial charge is 0.491 e. The van der Waals surface area contributed by atoms with Crippen molar-refractivity contribution >= 4 is 33.5 Å². The molecule has 2 aliphatic rings. The van der Waals surface area contributed by atoms with Crippen molar-refractivity contribution in [1.29, 1.82) is 5.26 Å². The minimum absolute atomic E-state index is 0.000900. The Hall–Kier alpha value is -3.70. The number of carbonyl (C=O) groups is 1. The molecule has 1 aromatic carbocycles. The summed E-state index contributed by atoms with van der Waals surface area (Å²) in [5, 5.41) is 12.8. The number of ether oxygens (including phenoxy) is 2. The highest BCUT2D eigenvalue weighted by Gasteiger charge is 2.36. The van der Waals surface area contributed by atoms with Crippen molar-refractivity contribution < 1.29 is 14.3 Å². The molecule has 29 heavy (non-hydrogen) atoms. The van der Waals surface area contributed by atoms with Gasteiger partial charge in [0.1, 0.15) is 11.8 Å². The standard InChI is InChI=1S/C21H18N4O3S/c1-2-27-17-13(10-22)19(23)28-14-9-8-12-15(20(24)29-18(12)16(14)17)21(26)25-11-6-4-3-5-7-11/h3-7,9H,2,8,23-24H2,1H3,(H,25,26). The van der Waals surface area contributed by atoms with Gasteiger partial charge in [0.2, 0.25) is 5.88 Å². The number of allylic oxidation sites excluding steroid dienone is 3. The van der Waals surface area contributed by atoms with Crippen molar-refractivity contribution in [3.8, 4) is 6.07 Å². The molecule has 5 N–H and O–H groups in total. The lowest BCUT2D eigenvalue weighted by Gasteiger charge is -2.26. The van der Waals surface area contributed by atoms with Crippen LogP contribution in [0.25, 0.3) is 5.57 Å². The molecular formula is C21H18N4O3S. The number of carbonyl (C=O) groups excluding carboxylic acids is 1. The topological polar surface area (TPSA) is 123 Å². The van der Waals surface area contributed by atoms with Crippen LogP contribution in [0.5, 0.6) is 0 Å². The Kier molecular flexibility index (Phi) is 4.74. The van der Waals surface area contributed by atoms with Gasteiger partial charge in [0.05, 0.1) is 22.7 Å². The first-order valence-electron chi connectivity index (χ1n) is 8.98. The van der Waals surface area contributed by atoms with E-state index < -0.39 is 0 Å². The molecule has 0 fully saturated rings. The van der Waals surface area contributed by atoms with Crippen LogP contribution in [0.4, 0.5) is 10.7 Å². The van der Waals surface area contributed by atoms with E-state index in [2.05, 4.69) is 5.32 Å². The first-order chi connectivity index (χ1) is 14.0. The van der Waals surface area contributed by atoms with Crippen molar-refractivity contribution in [2.75, 3.05) is 17.7 Å². The number of hydrogen-bond donors (Lipinski definition) is 3. The molecule has 0 saturated carbocycles. The summed E-state index contributed by atoms with van der Waals surface area (Å²) in [5.41, 5.74) is 14.8. The maximum atomic E-state index is 12.9. The number of nitrogens with zero attached hydrogens (tertiary/aromatic N) is 1. The first kappa shape index (κ1) is 18.7. The molecule has 0 bridgehead atoms. The van der Waals surface area contributed by atoms with Crippen LogP contribution in [0.1, 0.15) is 27.7 Å². The van der Waals surface area contributed by atoms with Gasteiger partial charge >= 0.3 is 0 Å². The molecule has 1 aliphatic heterocycles. The van der Waals surface area contributed by atoms with Gasteiger partial charge in [-0.3, -0.25) is 4.79 Å². The predicted octanol–water partition coefficient (Wildman–Crippen LogP) is 3.49. The van der Waals surface area contributed by atoms with Crippen molar-refractivity contribution in [3.63, 3.8) is 0 Å². The second kappa shape index (κ2) is 7.37. The van der Waals surface area contributed by atoms with Crippen molar-refractivity contribution in [1.82, 2.24) is 0 Å². The van der Waals surface area contributed by atoms with Gasteiger partial charge in [-0.25, -0.2) is 0 Å². The molecule has 0 saturated heterocycles. The minimum atomic E-state index is -0.283. The second-order valence-corrected chi connectivity index (χ2v) is 7.38. The number of benzene rings is 1. The SMILES string of the molecule is CCOC1=C2C(=CCc3c2sc(N)c3C(=O)Nc2ccccc2)OC(N)=C1C#N. The Bertz CT molecular complexity index is 1140. The fourth-order valence-corrected chi connectivity index (χ4v) is 4.50. The molecule has 1 amide bonds. The predicted molar refractivity (Wildman–Crippen MR) is 111 cm³/mol. The number of nitrogens with two attached hydrogens (primary N) is 2. The zero-order valence-electron chi connectivity index (χ0n) is 15.6. The number of nitriles is 1. The van der Waals surface area contributed by atoms with E-state index in [1.54, 1.807) is 0 Å². The lowest BCUT2D eigenvalue weighted by atomic mass is 9.92. The van der Waals surface area contributed by atoms with Crippen LogP contribution in [-0.4, -0.2) is 12.5 Å². The molecule has 0 atom stereocenters. The fourth-order valence-electron chi connectivity index (χ4n) is 3.36. The highest BCUT2D eigenvalue weighted by Crippen LogP contribution is 2.47. The van der Waals surface area contributed by atoms with Crippen LogP contribution in [0.15, 0.2) is 59.4 Å². The average Bonchev–Trinajstić information content (AvgIpc) is 3.04. The Labute approximate surface area is 171 Å². The Morgan fingerprint density at radius 3 is 2.79 bits per heavy atom. The summed E-state index contributed by atoms with van der Waals surface area (Å²) in [6.07, 6.45) is 2.27. The number of thiophene rings is 1. The highest BCUT2D eigenvalue weighted by molar-refractivity contribution is 7.17. The van der Waals surface area contributed by atoms with E-state index in [0.717, 1.165) is 10.4 Å². The summed E-state index contributed by atoms with van der Waals surface area (Å²) in [4.78, 5) is 13.7. The molecule has 0 radical (unpaired) electrons. The summed E-state index contributed by atoms with van der Waals surface area (Å²) >= 11 is 1.27. The van der Waals surface area contributed by atoms with E-state index in [0.29, 0.717) is 46.4 Å². The second-order valence-electron chi connectivity index (χ2n) is 6.33. The van der Waals surface area contributed by atoms with Gasteiger partial charge in [-0.05, 0) is 37.1 Å². The van der Waals surface area contributed by atoms with Crippen molar-refractivity contribution in [2.45, 2.75) is 13.3 Å². The fraction of sp³-hybridized carbons (Fsp3) is 0.143. The number of nitrogen functional groups attached to an aromatic ring is 1. The van der Waals surface area contributed by atoms with Gasteiger partial charge in [-0.1, -0.05) is 18.2 Å². The molecular weight excluding hydrogens is 388 g/mol. The molecule has 0 spiro atoms. The lowest BCUT2D eigenvalue weighted by molar-refractivity contribution is 0.102. The summed E-state index contributed by atoms with van der Waals surface area (Å²) < 4.78 is 11.4. The van der Waals surface area contributed by atoms with E-state index in [1.807, 2.05) is 49.4 Å². The molecule has 8 heteroatoms. The summed E-state index contributed by atoms with van der Waals surface area (Å²) in [6.45, 7) is 2.17. The molecule has 4 rings (SSSR count). The smallest absolute Gasteiger partial charge is 0.258 e. The number of anilines is 2.